The second kappa shape index (κ2) is 7.54. The fourth-order valence-electron chi connectivity index (χ4n) is 2.24. The van der Waals surface area contributed by atoms with Gasteiger partial charge in [-0.3, -0.25) is 14.2 Å². The Hall–Kier alpha value is -1.69. The molecule has 5 nitrogen and oxygen atoms in total. The lowest BCUT2D eigenvalue weighted by molar-refractivity contribution is -0.144. The largest absolute Gasteiger partial charge is 0.464 e. The number of aromatic nitrogens is 2. The van der Waals surface area contributed by atoms with Gasteiger partial charge in [0.15, 0.2) is 0 Å². The van der Waals surface area contributed by atoms with Crippen LogP contribution in [0.1, 0.15) is 43.8 Å². The van der Waals surface area contributed by atoms with Gasteiger partial charge in [-0.25, -0.2) is 4.98 Å². The molecule has 0 unspecified atom stereocenters. The number of rotatable bonds is 7. The Bertz CT molecular complexity index is 718. The monoisotopic (exact) mass is 322 g/mol. The summed E-state index contributed by atoms with van der Waals surface area (Å²) in [5.74, 6) is 0.168. The predicted molar refractivity (Wildman–Crippen MR) is 88.5 cm³/mol. The molecule has 2 aromatic rings. The van der Waals surface area contributed by atoms with Crippen molar-refractivity contribution < 1.29 is 9.53 Å². The fourth-order valence-corrected chi connectivity index (χ4v) is 3.24. The summed E-state index contributed by atoms with van der Waals surface area (Å²) in [5, 5.41) is 0.589. The lowest BCUT2D eigenvalue weighted by Crippen LogP contribution is -2.28. The van der Waals surface area contributed by atoms with Crippen LogP contribution in [0.3, 0.4) is 0 Å². The van der Waals surface area contributed by atoms with Crippen molar-refractivity contribution in [3.63, 3.8) is 0 Å². The Balaban J connectivity index is 2.17. The van der Waals surface area contributed by atoms with Crippen LogP contribution in [0.25, 0.3) is 10.2 Å². The highest BCUT2D eigenvalue weighted by Gasteiger charge is 2.14. The van der Waals surface area contributed by atoms with Crippen molar-refractivity contribution in [1.29, 1.82) is 0 Å². The molecule has 0 radical (unpaired) electrons. The number of carbonyl (C=O) groups excluding carboxylic acids is 1. The van der Waals surface area contributed by atoms with Gasteiger partial charge in [-0.2, -0.15) is 0 Å². The molecule has 2 heterocycles. The Morgan fingerprint density at radius 1 is 1.36 bits per heavy atom. The normalized spacial score (nSPS) is 11.0. The van der Waals surface area contributed by atoms with Gasteiger partial charge in [0.2, 0.25) is 0 Å². The molecular formula is C16H22N2O3S. The van der Waals surface area contributed by atoms with Gasteiger partial charge in [0.05, 0.1) is 12.0 Å². The van der Waals surface area contributed by atoms with E-state index in [4.69, 9.17) is 4.74 Å². The van der Waals surface area contributed by atoms with Crippen LogP contribution in [0.15, 0.2) is 10.9 Å². The maximum absolute atomic E-state index is 12.5. The molecule has 22 heavy (non-hydrogen) atoms. The number of unbranched alkanes of at least 4 members (excludes halogenated alkanes) is 2. The van der Waals surface area contributed by atoms with Crippen molar-refractivity contribution in [1.82, 2.24) is 9.55 Å². The van der Waals surface area contributed by atoms with Gasteiger partial charge >= 0.3 is 5.97 Å². The smallest absolute Gasteiger partial charge is 0.326 e. The van der Waals surface area contributed by atoms with Crippen molar-refractivity contribution in [3.8, 4) is 0 Å². The minimum atomic E-state index is -0.381. The summed E-state index contributed by atoms with van der Waals surface area (Å²) in [6.45, 7) is 6.23. The number of carbonyl (C=O) groups is 1. The van der Waals surface area contributed by atoms with Crippen LogP contribution < -0.4 is 5.56 Å². The minimum absolute atomic E-state index is 0.0724. The van der Waals surface area contributed by atoms with E-state index < -0.39 is 0 Å². The van der Waals surface area contributed by atoms with Crippen LogP contribution in [0.5, 0.6) is 0 Å². The summed E-state index contributed by atoms with van der Waals surface area (Å²) in [5.41, 5.74) is -0.163. The van der Waals surface area contributed by atoms with E-state index in [1.54, 1.807) is 6.92 Å². The summed E-state index contributed by atoms with van der Waals surface area (Å²) in [7, 11) is 0. The van der Waals surface area contributed by atoms with Crippen LogP contribution in [0, 0.1) is 6.92 Å². The molecule has 0 saturated carbocycles. The number of aryl methyl sites for hydroxylation is 2. The first-order chi connectivity index (χ1) is 10.6. The Morgan fingerprint density at radius 3 is 2.82 bits per heavy atom. The van der Waals surface area contributed by atoms with Crippen molar-refractivity contribution in [2.45, 2.75) is 53.0 Å². The topological polar surface area (TPSA) is 61.2 Å². The first-order valence-electron chi connectivity index (χ1n) is 7.72. The minimum Gasteiger partial charge on any atom is -0.464 e. The predicted octanol–water partition coefficient (Wildman–Crippen LogP) is 3.06. The van der Waals surface area contributed by atoms with Crippen LogP contribution in [0.2, 0.25) is 0 Å². The van der Waals surface area contributed by atoms with Gasteiger partial charge in [0, 0.05) is 4.88 Å². The van der Waals surface area contributed by atoms with Crippen LogP contribution in [-0.2, 0) is 22.5 Å². The molecule has 0 atom stereocenters. The van der Waals surface area contributed by atoms with Crippen molar-refractivity contribution in [2.24, 2.45) is 0 Å². The number of nitrogens with zero attached hydrogens (tertiary/aromatic N) is 2. The molecule has 0 N–H and O–H groups in total. The van der Waals surface area contributed by atoms with Gasteiger partial charge in [-0.1, -0.05) is 26.7 Å². The van der Waals surface area contributed by atoms with Crippen LogP contribution in [0.4, 0.5) is 0 Å². The molecule has 120 valence electrons. The first kappa shape index (κ1) is 16.7. The summed E-state index contributed by atoms with van der Waals surface area (Å²) in [6.07, 6.45) is 3.85. The molecule has 2 aromatic heterocycles. The molecule has 0 fully saturated rings. The summed E-state index contributed by atoms with van der Waals surface area (Å²) in [6, 6.07) is 1.87. The Kier molecular flexibility index (Phi) is 5.71. The first-order valence-corrected chi connectivity index (χ1v) is 8.54. The van der Waals surface area contributed by atoms with E-state index >= 15 is 0 Å². The molecule has 6 heteroatoms. The molecule has 0 aliphatic rings. The average molecular weight is 322 g/mol. The lowest BCUT2D eigenvalue weighted by Gasteiger charge is -2.09. The molecule has 0 bridgehead atoms. The third-order valence-electron chi connectivity index (χ3n) is 3.54. The van der Waals surface area contributed by atoms with Crippen LogP contribution in [-0.4, -0.2) is 22.1 Å². The molecule has 0 aliphatic carbocycles. The summed E-state index contributed by atoms with van der Waals surface area (Å²) >= 11 is 1.53. The number of hydrogen-bond acceptors (Lipinski definition) is 5. The Morgan fingerprint density at radius 2 is 2.14 bits per heavy atom. The molecule has 0 aliphatic heterocycles. The molecular weight excluding hydrogens is 300 g/mol. The molecule has 0 spiro atoms. The molecule has 0 saturated heterocycles. The van der Waals surface area contributed by atoms with Crippen molar-refractivity contribution in [2.75, 3.05) is 6.61 Å². The highest BCUT2D eigenvalue weighted by Crippen LogP contribution is 2.21. The number of hydrogen-bond donors (Lipinski definition) is 0. The SMILES string of the molecule is CCCCCOC(=O)Cn1c(C)nc2sc(CC)cc2c1=O. The Labute approximate surface area is 133 Å². The van der Waals surface area contributed by atoms with E-state index in [-0.39, 0.29) is 18.1 Å². The third kappa shape index (κ3) is 3.74. The zero-order valence-corrected chi connectivity index (χ0v) is 14.2. The van der Waals surface area contributed by atoms with Crippen molar-refractivity contribution in [3.05, 3.63) is 27.1 Å². The zero-order chi connectivity index (χ0) is 16.1. The van der Waals surface area contributed by atoms with E-state index in [9.17, 15) is 9.59 Å². The highest BCUT2D eigenvalue weighted by molar-refractivity contribution is 7.18. The summed E-state index contributed by atoms with van der Waals surface area (Å²) < 4.78 is 6.57. The van der Waals surface area contributed by atoms with Gasteiger partial charge in [-0.05, 0) is 25.8 Å². The highest BCUT2D eigenvalue weighted by atomic mass is 32.1. The second-order valence-electron chi connectivity index (χ2n) is 5.26. The van der Waals surface area contributed by atoms with E-state index in [0.29, 0.717) is 17.8 Å². The van der Waals surface area contributed by atoms with Gasteiger partial charge < -0.3 is 4.74 Å². The van der Waals surface area contributed by atoms with Gasteiger partial charge in [-0.15, -0.1) is 11.3 Å². The third-order valence-corrected chi connectivity index (χ3v) is 4.71. The average Bonchev–Trinajstić information content (AvgIpc) is 2.91. The van der Waals surface area contributed by atoms with Crippen molar-refractivity contribution >= 4 is 27.5 Å². The molecule has 2 rings (SSSR count). The lowest BCUT2D eigenvalue weighted by atomic mass is 10.3. The fraction of sp³-hybridized carbons (Fsp3) is 0.562. The van der Waals surface area contributed by atoms with E-state index in [1.165, 1.54) is 15.9 Å². The standard InChI is InChI=1S/C16H22N2O3S/c1-4-6-7-8-21-14(19)10-18-11(3)17-15-13(16(18)20)9-12(5-2)22-15/h9H,4-8,10H2,1-3H3. The second-order valence-corrected chi connectivity index (χ2v) is 6.38. The zero-order valence-electron chi connectivity index (χ0n) is 13.3. The van der Waals surface area contributed by atoms with Crippen LogP contribution >= 0.6 is 11.3 Å². The number of ether oxygens (including phenoxy) is 1. The molecule has 0 amide bonds. The maximum Gasteiger partial charge on any atom is 0.326 e. The van der Waals surface area contributed by atoms with E-state index in [0.717, 1.165) is 35.4 Å². The van der Waals surface area contributed by atoms with Gasteiger partial charge in [0.25, 0.3) is 5.56 Å². The molecule has 0 aromatic carbocycles. The maximum atomic E-state index is 12.5. The quantitative estimate of drug-likeness (QED) is 0.580. The summed E-state index contributed by atoms with van der Waals surface area (Å²) in [4.78, 5) is 30.7. The van der Waals surface area contributed by atoms with E-state index in [1.807, 2.05) is 13.0 Å². The van der Waals surface area contributed by atoms with Gasteiger partial charge in [0.1, 0.15) is 17.2 Å². The number of fused-ring (bicyclic) bond motifs is 1. The van der Waals surface area contributed by atoms with E-state index in [2.05, 4.69) is 11.9 Å². The number of esters is 1. The number of thiophene rings is 1.